The summed E-state index contributed by atoms with van der Waals surface area (Å²) in [5, 5.41) is 117. The number of phenols is 8. The van der Waals surface area contributed by atoms with E-state index in [1.165, 1.54) is 12.1 Å². The van der Waals surface area contributed by atoms with Crippen LogP contribution in [-0.4, -0.2) is 68.4 Å². The highest BCUT2D eigenvalue weighted by molar-refractivity contribution is 5.66. The third-order valence-corrected chi connectivity index (χ3v) is 7.78. The Morgan fingerprint density at radius 3 is 1.58 bits per heavy atom. The molecule has 6 unspecified atom stereocenters. The quantitative estimate of drug-likeness (QED) is 0.153. The van der Waals surface area contributed by atoms with Crippen LogP contribution in [-0.2, 0) is 0 Å². The third-order valence-electron chi connectivity index (χ3n) is 7.78. The number of benzene rings is 4. The maximum absolute atomic E-state index is 11.8. The van der Waals surface area contributed by atoms with Gasteiger partial charge in [0.2, 0.25) is 0 Å². The van der Waals surface area contributed by atoms with Crippen LogP contribution in [0.2, 0.25) is 0 Å². The van der Waals surface area contributed by atoms with Gasteiger partial charge in [0.05, 0.1) is 11.5 Å². The van der Waals surface area contributed by atoms with E-state index in [0.717, 1.165) is 42.5 Å². The van der Waals surface area contributed by atoms with Crippen molar-refractivity contribution < 1.29 is 65.6 Å². The van der Waals surface area contributed by atoms with Gasteiger partial charge >= 0.3 is 0 Å². The Kier molecular flexibility index (Phi) is 6.45. The fourth-order valence-corrected chi connectivity index (χ4v) is 5.75. The number of ether oxygens (including phenoxy) is 2. The van der Waals surface area contributed by atoms with Gasteiger partial charge in [-0.25, -0.2) is 0 Å². The van der Waals surface area contributed by atoms with Crippen molar-refractivity contribution in [1.82, 2.24) is 0 Å². The van der Waals surface area contributed by atoms with Crippen LogP contribution in [0.25, 0.3) is 0 Å². The van der Waals surface area contributed by atoms with Gasteiger partial charge in [0, 0.05) is 29.3 Å². The number of aliphatic hydroxyl groups is 3. The summed E-state index contributed by atoms with van der Waals surface area (Å²) in [5.41, 5.74) is -0.466. The first-order chi connectivity index (χ1) is 20.4. The fraction of sp³-hybridized carbons (Fsp3) is 0.200. The van der Waals surface area contributed by atoms with Crippen LogP contribution < -0.4 is 9.47 Å². The van der Waals surface area contributed by atoms with E-state index in [-0.39, 0.29) is 39.3 Å². The highest BCUT2D eigenvalue weighted by Gasteiger charge is 2.48. The van der Waals surface area contributed by atoms with Crippen molar-refractivity contribution in [3.05, 3.63) is 82.4 Å². The lowest BCUT2D eigenvalue weighted by molar-refractivity contribution is -0.0723. The summed E-state index contributed by atoms with van der Waals surface area (Å²) in [6.45, 7) is 0. The Morgan fingerprint density at radius 1 is 0.465 bits per heavy atom. The van der Waals surface area contributed by atoms with E-state index in [4.69, 9.17) is 9.47 Å². The zero-order chi connectivity index (χ0) is 30.9. The molecule has 0 radical (unpaired) electrons. The van der Waals surface area contributed by atoms with Crippen LogP contribution in [0.5, 0.6) is 57.5 Å². The third kappa shape index (κ3) is 4.37. The van der Waals surface area contributed by atoms with E-state index in [0.29, 0.717) is 0 Å². The minimum atomic E-state index is -1.82. The molecule has 0 aromatic heterocycles. The van der Waals surface area contributed by atoms with Crippen LogP contribution in [0, 0.1) is 0 Å². The van der Waals surface area contributed by atoms with Crippen LogP contribution >= 0.6 is 0 Å². The second-order valence-electron chi connectivity index (χ2n) is 10.4. The summed E-state index contributed by atoms with van der Waals surface area (Å²) < 4.78 is 12.0. The van der Waals surface area contributed by atoms with E-state index >= 15 is 0 Å². The predicted octanol–water partition coefficient (Wildman–Crippen LogP) is 2.49. The fourth-order valence-electron chi connectivity index (χ4n) is 5.75. The first-order valence-corrected chi connectivity index (χ1v) is 12.9. The van der Waals surface area contributed by atoms with Crippen molar-refractivity contribution in [2.45, 2.75) is 36.4 Å². The number of aliphatic hydroxyl groups excluding tert-OH is 3. The highest BCUT2D eigenvalue weighted by atomic mass is 16.5. The first kappa shape index (κ1) is 27.9. The van der Waals surface area contributed by atoms with E-state index in [1.807, 2.05) is 0 Å². The molecule has 2 aliphatic rings. The molecule has 0 spiro atoms. The van der Waals surface area contributed by atoms with Crippen molar-refractivity contribution in [2.24, 2.45) is 0 Å². The summed E-state index contributed by atoms with van der Waals surface area (Å²) in [6, 6.07) is 10.1. The van der Waals surface area contributed by atoms with E-state index in [2.05, 4.69) is 0 Å². The van der Waals surface area contributed by atoms with Crippen molar-refractivity contribution in [3.63, 3.8) is 0 Å². The smallest absolute Gasteiger partial charge is 0.157 e. The molecule has 0 amide bonds. The molecule has 0 bridgehead atoms. The van der Waals surface area contributed by atoms with Gasteiger partial charge in [0.15, 0.2) is 35.2 Å². The zero-order valence-electron chi connectivity index (χ0n) is 21.9. The Morgan fingerprint density at radius 2 is 1.00 bits per heavy atom. The summed E-state index contributed by atoms with van der Waals surface area (Å²) in [6.07, 6.45) is -7.99. The molecule has 2 aliphatic heterocycles. The number of phenolic OH excluding ortho intramolecular Hbond substituents is 8. The van der Waals surface area contributed by atoms with E-state index < -0.39 is 82.4 Å². The van der Waals surface area contributed by atoms with Crippen LogP contribution in [0.1, 0.15) is 52.0 Å². The second-order valence-corrected chi connectivity index (χ2v) is 10.4. The Hall–Kier alpha value is -5.24. The second kappa shape index (κ2) is 9.94. The van der Waals surface area contributed by atoms with Gasteiger partial charge < -0.3 is 65.6 Å². The molecular weight excluding hydrogens is 568 g/mol. The molecule has 0 saturated heterocycles. The topological polar surface area (TPSA) is 241 Å². The van der Waals surface area contributed by atoms with Crippen molar-refractivity contribution in [1.29, 1.82) is 0 Å². The zero-order valence-corrected chi connectivity index (χ0v) is 21.9. The summed E-state index contributed by atoms with van der Waals surface area (Å²) in [5.74, 6) is -6.21. The average Bonchev–Trinajstić information content (AvgIpc) is 2.94. The molecule has 0 saturated carbocycles. The normalized spacial score (nSPS) is 24.3. The summed E-state index contributed by atoms with van der Waals surface area (Å²) in [7, 11) is 0. The van der Waals surface area contributed by atoms with E-state index in [1.54, 1.807) is 0 Å². The molecule has 4 aromatic carbocycles. The molecule has 0 aliphatic carbocycles. The van der Waals surface area contributed by atoms with Crippen LogP contribution in [0.4, 0.5) is 0 Å². The molecule has 13 nitrogen and oxygen atoms in total. The van der Waals surface area contributed by atoms with E-state index in [9.17, 15) is 56.2 Å². The van der Waals surface area contributed by atoms with Crippen LogP contribution in [0.15, 0.2) is 54.6 Å². The lowest BCUT2D eigenvalue weighted by Crippen LogP contribution is -2.38. The molecule has 6 atom stereocenters. The lowest BCUT2D eigenvalue weighted by atomic mass is 9.77. The minimum Gasteiger partial charge on any atom is -0.508 e. The largest absolute Gasteiger partial charge is 0.508 e. The molecule has 6 rings (SSSR count). The Balaban J connectivity index is 1.58. The highest BCUT2D eigenvalue weighted by Crippen LogP contribution is 2.58. The predicted molar refractivity (Wildman–Crippen MR) is 145 cm³/mol. The van der Waals surface area contributed by atoms with Gasteiger partial charge in [-0.05, 0) is 35.4 Å². The molecule has 224 valence electrons. The monoisotopic (exact) mass is 594 g/mol. The van der Waals surface area contributed by atoms with Gasteiger partial charge in [-0.2, -0.15) is 0 Å². The van der Waals surface area contributed by atoms with Gasteiger partial charge in [-0.15, -0.1) is 0 Å². The summed E-state index contributed by atoms with van der Waals surface area (Å²) >= 11 is 0. The van der Waals surface area contributed by atoms with Crippen molar-refractivity contribution >= 4 is 0 Å². The molecule has 11 N–H and O–H groups in total. The average molecular weight is 595 g/mol. The number of hydrogen-bond donors (Lipinski definition) is 11. The van der Waals surface area contributed by atoms with Gasteiger partial charge in [-0.1, -0.05) is 12.1 Å². The maximum Gasteiger partial charge on any atom is 0.157 e. The molecule has 43 heavy (non-hydrogen) atoms. The SMILES string of the molecule is Oc1cc(O)c2c(c1)OC(c1ccc(O)c(O)c1)C(O)C2c1c(O)cc(O)c2c1OC(c1ccc(O)c(O)c1)C(O)C2O. The maximum atomic E-state index is 11.8. The number of aromatic hydroxyl groups is 8. The molecule has 0 fully saturated rings. The van der Waals surface area contributed by atoms with Crippen LogP contribution in [0.3, 0.4) is 0 Å². The number of rotatable bonds is 3. The molecule has 2 heterocycles. The summed E-state index contributed by atoms with van der Waals surface area (Å²) in [4.78, 5) is 0. The first-order valence-electron chi connectivity index (χ1n) is 12.9. The van der Waals surface area contributed by atoms with Gasteiger partial charge in [-0.3, -0.25) is 0 Å². The number of fused-ring (bicyclic) bond motifs is 2. The van der Waals surface area contributed by atoms with Gasteiger partial charge in [0.25, 0.3) is 0 Å². The minimum absolute atomic E-state index is 0.0967. The molecule has 13 heteroatoms. The van der Waals surface area contributed by atoms with Gasteiger partial charge in [0.1, 0.15) is 52.8 Å². The Labute approximate surface area is 242 Å². The van der Waals surface area contributed by atoms with Crippen molar-refractivity contribution in [2.75, 3.05) is 0 Å². The molecule has 4 aromatic rings. The molecular formula is C30H26O13. The van der Waals surface area contributed by atoms with Crippen molar-refractivity contribution in [3.8, 4) is 57.5 Å². The number of hydrogen-bond acceptors (Lipinski definition) is 13. The lowest BCUT2D eigenvalue weighted by Gasteiger charge is -2.41. The standard InChI is InChI=1S/C30H26O13/c31-12-7-17(36)21-20(8-12)42-28(10-1-3-13(32)15(34)5-10)26(40)24(21)22-18(37)9-19(38)23-25(39)27(41)29(43-30(22)23)11-2-4-14(33)16(35)6-11/h1-9,24-29,31-41H. The Bertz CT molecular complexity index is 1750.